The van der Waals surface area contributed by atoms with Crippen LogP contribution in [-0.4, -0.2) is 50.6 Å². The molecule has 0 aliphatic carbocycles. The lowest BCUT2D eigenvalue weighted by molar-refractivity contribution is 0.0300. The Hall–Kier alpha value is -2.58. The predicted molar refractivity (Wildman–Crippen MR) is 88.1 cm³/mol. The quantitative estimate of drug-likeness (QED) is 0.466. The van der Waals surface area contributed by atoms with Crippen LogP contribution in [0.15, 0.2) is 17.2 Å². The SMILES string of the molecule is [N-]=[N+]=NC[C@H]1CN(c2cc(F)c(N3CC4CCC(C3)O4)c(F)c2)C(=O)O1. The van der Waals surface area contributed by atoms with Crippen molar-refractivity contribution in [1.82, 2.24) is 0 Å². The van der Waals surface area contributed by atoms with Crippen molar-refractivity contribution in [3.8, 4) is 0 Å². The number of carbonyl (C=O) groups excluding carboxylic acids is 1. The second-order valence-electron chi connectivity index (χ2n) is 6.65. The van der Waals surface area contributed by atoms with E-state index in [-0.39, 0.29) is 36.7 Å². The number of azide groups is 1. The predicted octanol–water partition coefficient (Wildman–Crippen LogP) is 2.97. The van der Waals surface area contributed by atoms with Crippen LogP contribution in [0.25, 0.3) is 10.4 Å². The number of morpholine rings is 1. The molecular weight excluding hydrogens is 348 g/mol. The molecule has 26 heavy (non-hydrogen) atoms. The molecule has 3 fully saturated rings. The van der Waals surface area contributed by atoms with Crippen LogP contribution >= 0.6 is 0 Å². The Morgan fingerprint density at radius 2 is 1.85 bits per heavy atom. The largest absolute Gasteiger partial charge is 0.444 e. The lowest BCUT2D eigenvalue weighted by atomic mass is 10.2. The van der Waals surface area contributed by atoms with Crippen LogP contribution in [0.3, 0.4) is 0 Å². The van der Waals surface area contributed by atoms with Crippen LogP contribution in [-0.2, 0) is 9.47 Å². The molecule has 0 N–H and O–H groups in total. The molecule has 8 nitrogen and oxygen atoms in total. The Bertz CT molecular complexity index is 750. The lowest BCUT2D eigenvalue weighted by Gasteiger charge is -2.34. The zero-order chi connectivity index (χ0) is 18.3. The molecule has 1 amide bonds. The van der Waals surface area contributed by atoms with E-state index >= 15 is 0 Å². The van der Waals surface area contributed by atoms with E-state index in [4.69, 9.17) is 15.0 Å². The van der Waals surface area contributed by atoms with Crippen molar-refractivity contribution in [3.63, 3.8) is 0 Å². The number of rotatable bonds is 4. The van der Waals surface area contributed by atoms with Gasteiger partial charge in [-0.1, -0.05) is 5.11 Å². The van der Waals surface area contributed by atoms with E-state index < -0.39 is 23.8 Å². The van der Waals surface area contributed by atoms with Gasteiger partial charge in [-0.15, -0.1) is 0 Å². The maximum Gasteiger partial charge on any atom is 0.414 e. The van der Waals surface area contributed by atoms with Crippen LogP contribution in [0.4, 0.5) is 25.0 Å². The van der Waals surface area contributed by atoms with Gasteiger partial charge in [0.1, 0.15) is 11.8 Å². The van der Waals surface area contributed by atoms with Gasteiger partial charge in [0, 0.05) is 30.1 Å². The third-order valence-electron chi connectivity index (χ3n) is 4.90. The third kappa shape index (κ3) is 3.02. The van der Waals surface area contributed by atoms with Gasteiger partial charge in [0.25, 0.3) is 0 Å². The summed E-state index contributed by atoms with van der Waals surface area (Å²) in [5.74, 6) is -1.46. The minimum atomic E-state index is -0.729. The molecule has 3 aliphatic rings. The third-order valence-corrected chi connectivity index (χ3v) is 4.90. The topological polar surface area (TPSA) is 90.8 Å². The summed E-state index contributed by atoms with van der Waals surface area (Å²) in [6.45, 7) is 0.934. The summed E-state index contributed by atoms with van der Waals surface area (Å²) in [5, 5.41) is 3.36. The van der Waals surface area contributed by atoms with Gasteiger partial charge < -0.3 is 14.4 Å². The Morgan fingerprint density at radius 1 is 1.19 bits per heavy atom. The summed E-state index contributed by atoms with van der Waals surface area (Å²) in [5.41, 5.74) is 8.32. The van der Waals surface area contributed by atoms with Crippen molar-refractivity contribution < 1.29 is 23.0 Å². The van der Waals surface area contributed by atoms with Gasteiger partial charge in [-0.2, -0.15) is 0 Å². The Morgan fingerprint density at radius 3 is 2.46 bits per heavy atom. The number of nitrogens with zero attached hydrogens (tertiary/aromatic N) is 5. The van der Waals surface area contributed by atoms with Crippen molar-refractivity contribution in [2.24, 2.45) is 5.11 Å². The van der Waals surface area contributed by atoms with Crippen molar-refractivity contribution >= 4 is 17.5 Å². The number of hydrogen-bond acceptors (Lipinski definition) is 5. The number of hydrogen-bond donors (Lipinski definition) is 0. The molecule has 2 unspecified atom stereocenters. The van der Waals surface area contributed by atoms with Crippen molar-refractivity contribution in [2.45, 2.75) is 31.2 Å². The molecule has 138 valence electrons. The van der Waals surface area contributed by atoms with Crippen LogP contribution in [0.1, 0.15) is 12.8 Å². The molecule has 0 radical (unpaired) electrons. The zero-order valence-corrected chi connectivity index (χ0v) is 13.8. The van der Waals surface area contributed by atoms with Crippen molar-refractivity contribution in [1.29, 1.82) is 0 Å². The number of anilines is 2. The summed E-state index contributed by atoms with van der Waals surface area (Å²) >= 11 is 0. The van der Waals surface area contributed by atoms with Crippen molar-refractivity contribution in [2.75, 3.05) is 36.0 Å². The van der Waals surface area contributed by atoms with Gasteiger partial charge in [-0.25, -0.2) is 13.6 Å². The zero-order valence-electron chi connectivity index (χ0n) is 13.8. The van der Waals surface area contributed by atoms with E-state index in [1.807, 2.05) is 0 Å². The molecule has 3 saturated heterocycles. The summed E-state index contributed by atoms with van der Waals surface area (Å²) < 4.78 is 40.1. The Kier molecular flexibility index (Phi) is 4.29. The van der Waals surface area contributed by atoms with Crippen LogP contribution < -0.4 is 9.80 Å². The van der Waals surface area contributed by atoms with Gasteiger partial charge >= 0.3 is 6.09 Å². The average molecular weight is 365 g/mol. The van der Waals surface area contributed by atoms with Gasteiger partial charge in [0.05, 0.1) is 31.0 Å². The molecule has 3 aliphatic heterocycles. The number of halogens is 2. The highest BCUT2D eigenvalue weighted by molar-refractivity contribution is 5.90. The first-order chi connectivity index (χ1) is 12.5. The standard InChI is InChI=1S/C16H17F2N5O3/c17-13-3-9(23-8-12(5-20-21-19)26-16(23)24)4-14(18)15(13)22-6-10-1-2-11(7-22)25-10/h3-4,10-12H,1-2,5-8H2/t10?,11?,12-/m0/s1. The van der Waals surface area contributed by atoms with Crippen LogP contribution in [0, 0.1) is 11.6 Å². The summed E-state index contributed by atoms with van der Waals surface area (Å²) in [6, 6.07) is 2.26. The van der Waals surface area contributed by atoms with E-state index in [1.54, 1.807) is 4.90 Å². The molecule has 3 heterocycles. The summed E-state index contributed by atoms with van der Waals surface area (Å²) in [6.07, 6.45) is 0.436. The second kappa shape index (κ2) is 6.62. The van der Waals surface area contributed by atoms with E-state index in [9.17, 15) is 13.6 Å². The number of ether oxygens (including phenoxy) is 2. The molecule has 2 bridgehead atoms. The maximum absolute atomic E-state index is 14.7. The molecule has 0 aromatic heterocycles. The first-order valence-corrected chi connectivity index (χ1v) is 8.43. The van der Waals surface area contributed by atoms with E-state index in [0.29, 0.717) is 13.1 Å². The number of benzene rings is 1. The highest BCUT2D eigenvalue weighted by atomic mass is 19.1. The highest BCUT2D eigenvalue weighted by Gasteiger charge is 2.37. The number of carbonyl (C=O) groups is 1. The molecule has 1 aromatic rings. The average Bonchev–Trinajstić information content (AvgIpc) is 3.14. The first kappa shape index (κ1) is 16.9. The summed E-state index contributed by atoms with van der Waals surface area (Å²) in [4.78, 5) is 17.4. The molecular formula is C16H17F2N5O3. The van der Waals surface area contributed by atoms with Crippen molar-refractivity contribution in [3.05, 3.63) is 34.2 Å². The maximum atomic E-state index is 14.7. The van der Waals surface area contributed by atoms with Crippen LogP contribution in [0.2, 0.25) is 0 Å². The number of cyclic esters (lactones) is 1. The fourth-order valence-corrected chi connectivity index (χ4v) is 3.76. The summed E-state index contributed by atoms with van der Waals surface area (Å²) in [7, 11) is 0. The molecule has 4 rings (SSSR count). The van der Waals surface area contributed by atoms with Gasteiger partial charge in [-0.3, -0.25) is 4.90 Å². The molecule has 1 aromatic carbocycles. The second-order valence-corrected chi connectivity index (χ2v) is 6.65. The van der Waals surface area contributed by atoms with E-state index in [0.717, 1.165) is 29.9 Å². The number of fused-ring (bicyclic) bond motifs is 2. The van der Waals surface area contributed by atoms with Gasteiger partial charge in [0.15, 0.2) is 11.6 Å². The molecule has 0 spiro atoms. The van der Waals surface area contributed by atoms with Crippen LogP contribution in [0.5, 0.6) is 0 Å². The smallest absolute Gasteiger partial charge is 0.414 e. The van der Waals surface area contributed by atoms with E-state index in [2.05, 4.69) is 10.0 Å². The van der Waals surface area contributed by atoms with Gasteiger partial charge in [0.2, 0.25) is 0 Å². The van der Waals surface area contributed by atoms with E-state index in [1.165, 1.54) is 0 Å². The monoisotopic (exact) mass is 365 g/mol. The Balaban J connectivity index is 1.56. The fourth-order valence-electron chi connectivity index (χ4n) is 3.76. The first-order valence-electron chi connectivity index (χ1n) is 8.43. The minimum absolute atomic E-state index is 0.00207. The normalized spacial score (nSPS) is 27.5. The molecule has 0 saturated carbocycles. The molecule has 3 atom stereocenters. The minimum Gasteiger partial charge on any atom is -0.444 e. The Labute approximate surface area is 147 Å². The fraction of sp³-hybridized carbons (Fsp3) is 0.562. The number of amides is 1. The van der Waals surface area contributed by atoms with Gasteiger partial charge in [-0.05, 0) is 18.4 Å². The highest BCUT2D eigenvalue weighted by Crippen LogP contribution is 2.35. The lowest BCUT2D eigenvalue weighted by Crippen LogP contribution is -2.43. The molecule has 10 heteroatoms.